The van der Waals surface area contributed by atoms with E-state index in [1.54, 1.807) is 13.1 Å². The Morgan fingerprint density at radius 1 is 1.10 bits per heavy atom. The summed E-state index contributed by atoms with van der Waals surface area (Å²) in [5.41, 5.74) is -0.563. The maximum atomic E-state index is 15.5. The van der Waals surface area contributed by atoms with Crippen molar-refractivity contribution in [3.8, 4) is 28.7 Å². The minimum Gasteiger partial charge on any atom is -0.480 e. The summed E-state index contributed by atoms with van der Waals surface area (Å²) in [5.74, 6) is -0.113. The smallest absolute Gasteiger partial charge is 0.434 e. The van der Waals surface area contributed by atoms with Crippen molar-refractivity contribution in [2.45, 2.75) is 69.6 Å². The maximum absolute atomic E-state index is 15.5. The van der Waals surface area contributed by atoms with Crippen molar-refractivity contribution in [3.63, 3.8) is 0 Å². The van der Waals surface area contributed by atoms with E-state index in [1.807, 2.05) is 0 Å². The first-order valence-corrected chi connectivity index (χ1v) is 15.8. The van der Waals surface area contributed by atoms with Gasteiger partial charge in [0.15, 0.2) is 23.4 Å². The Morgan fingerprint density at radius 2 is 1.92 bits per heavy atom. The Balaban J connectivity index is 1.26. The molecule has 258 valence electrons. The highest BCUT2D eigenvalue weighted by atomic mass is 19.4. The first-order chi connectivity index (χ1) is 23.4. The molecule has 2 fully saturated rings. The fourth-order valence-electron chi connectivity index (χ4n) is 6.09. The van der Waals surface area contributed by atoms with Crippen molar-refractivity contribution < 1.29 is 41.3 Å². The van der Waals surface area contributed by atoms with Gasteiger partial charge in [-0.15, -0.1) is 0 Å². The summed E-state index contributed by atoms with van der Waals surface area (Å²) < 4.78 is 79.7. The summed E-state index contributed by atoms with van der Waals surface area (Å²) in [4.78, 5) is 36.9. The number of amides is 1. The van der Waals surface area contributed by atoms with Gasteiger partial charge in [0, 0.05) is 32.0 Å². The first-order valence-electron chi connectivity index (χ1n) is 15.8. The van der Waals surface area contributed by atoms with E-state index >= 15 is 4.39 Å². The molecule has 16 heteroatoms. The van der Waals surface area contributed by atoms with Gasteiger partial charge < -0.3 is 23.5 Å². The molecule has 1 aromatic carbocycles. The lowest BCUT2D eigenvalue weighted by molar-refractivity contribution is -0.191. The van der Waals surface area contributed by atoms with Crippen LogP contribution in [0.3, 0.4) is 0 Å². The molecular formula is C33H33F4N7O5. The quantitative estimate of drug-likeness (QED) is 0.186. The Labute approximate surface area is 278 Å². The normalized spacial score (nSPS) is 21.0. The number of fused-ring (bicyclic) bond motifs is 1. The minimum atomic E-state index is -4.69. The van der Waals surface area contributed by atoms with Crippen LogP contribution in [-0.2, 0) is 39.6 Å². The third-order valence-electron chi connectivity index (χ3n) is 8.81. The number of anilines is 1. The van der Waals surface area contributed by atoms with Crippen LogP contribution < -0.4 is 9.64 Å². The highest BCUT2D eigenvalue weighted by Gasteiger charge is 2.45. The molecule has 49 heavy (non-hydrogen) atoms. The second-order valence-corrected chi connectivity index (χ2v) is 12.5. The Morgan fingerprint density at radius 3 is 2.59 bits per heavy atom. The van der Waals surface area contributed by atoms with Crippen molar-refractivity contribution in [1.82, 2.24) is 29.5 Å². The Hall–Kier alpha value is -4.70. The predicted octanol–water partition coefficient (Wildman–Crippen LogP) is 6.29. The predicted molar refractivity (Wildman–Crippen MR) is 165 cm³/mol. The topological polar surface area (TPSA) is 127 Å². The molecule has 1 saturated carbocycles. The van der Waals surface area contributed by atoms with Crippen molar-refractivity contribution in [3.05, 3.63) is 65.3 Å². The number of ether oxygens (including phenoxy) is 4. The molecule has 0 spiro atoms. The van der Waals surface area contributed by atoms with Gasteiger partial charge in [-0.3, -0.25) is 4.90 Å². The van der Waals surface area contributed by atoms with Crippen LogP contribution in [0.25, 0.3) is 22.8 Å². The third-order valence-corrected chi connectivity index (χ3v) is 8.81. The van der Waals surface area contributed by atoms with Gasteiger partial charge in [-0.2, -0.15) is 13.2 Å². The van der Waals surface area contributed by atoms with E-state index in [0.717, 1.165) is 48.2 Å². The summed E-state index contributed by atoms with van der Waals surface area (Å²) in [6, 6.07) is 3.97. The van der Waals surface area contributed by atoms with Crippen molar-refractivity contribution in [2.75, 3.05) is 25.2 Å². The lowest BCUT2D eigenvalue weighted by atomic mass is 9.96. The summed E-state index contributed by atoms with van der Waals surface area (Å²) >= 11 is 0. The second-order valence-electron chi connectivity index (χ2n) is 12.5. The van der Waals surface area contributed by atoms with E-state index in [4.69, 9.17) is 23.9 Å². The molecule has 3 aliphatic rings. The largest absolute Gasteiger partial charge is 0.480 e. The molecule has 5 heterocycles. The van der Waals surface area contributed by atoms with Crippen LogP contribution in [0.4, 0.5) is 28.2 Å². The van der Waals surface area contributed by atoms with Crippen molar-refractivity contribution in [2.24, 2.45) is 7.05 Å². The van der Waals surface area contributed by atoms with Gasteiger partial charge >= 0.3 is 12.3 Å². The van der Waals surface area contributed by atoms with Crippen molar-refractivity contribution in [1.29, 1.82) is 0 Å². The van der Waals surface area contributed by atoms with Gasteiger partial charge in [0.25, 0.3) is 0 Å². The second kappa shape index (κ2) is 12.6. The van der Waals surface area contributed by atoms with Crippen LogP contribution >= 0.6 is 0 Å². The SMILES string of the molecule is COc1ncnc(C2CC2)c1-c1ncc2c(n1)N(Cc1ccc(-c3nc(C(F)(F)F)cn3C)c(F)c1)C(=O)OC2(C)COC1CCCCO1. The van der Waals surface area contributed by atoms with E-state index in [9.17, 15) is 18.0 Å². The number of aromatic nitrogens is 6. The average Bonchev–Trinajstić information content (AvgIpc) is 3.86. The van der Waals surface area contributed by atoms with Crippen molar-refractivity contribution >= 4 is 11.9 Å². The zero-order valence-electron chi connectivity index (χ0n) is 27.0. The fourth-order valence-corrected chi connectivity index (χ4v) is 6.09. The molecule has 1 aliphatic carbocycles. The Kier molecular flexibility index (Phi) is 8.47. The number of aryl methyl sites for hydroxylation is 1. The van der Waals surface area contributed by atoms with Gasteiger partial charge in [-0.05, 0) is 56.7 Å². The number of alkyl halides is 3. The van der Waals surface area contributed by atoms with Crippen LogP contribution in [0.2, 0.25) is 0 Å². The molecule has 2 aliphatic heterocycles. The van der Waals surface area contributed by atoms with E-state index in [1.165, 1.54) is 37.5 Å². The average molecular weight is 684 g/mol. The number of imidazole rings is 1. The maximum Gasteiger partial charge on any atom is 0.434 e. The number of hydrogen-bond donors (Lipinski definition) is 0. The number of halogens is 4. The number of carbonyl (C=O) groups excluding carboxylic acids is 1. The minimum absolute atomic E-state index is 0.0368. The molecule has 1 amide bonds. The van der Waals surface area contributed by atoms with Gasteiger partial charge in [0.05, 0.1) is 37.1 Å². The van der Waals surface area contributed by atoms with Crippen LogP contribution in [0, 0.1) is 5.82 Å². The van der Waals surface area contributed by atoms with Gasteiger partial charge in [-0.25, -0.2) is 34.1 Å². The summed E-state index contributed by atoms with van der Waals surface area (Å²) in [5, 5.41) is 0. The van der Waals surface area contributed by atoms with Crippen LogP contribution in [0.5, 0.6) is 5.88 Å². The molecule has 12 nitrogen and oxygen atoms in total. The number of benzene rings is 1. The number of hydrogen-bond acceptors (Lipinski definition) is 10. The molecule has 3 aromatic heterocycles. The van der Waals surface area contributed by atoms with E-state index < -0.39 is 35.7 Å². The Bertz CT molecular complexity index is 1890. The molecule has 2 atom stereocenters. The zero-order valence-corrected chi connectivity index (χ0v) is 27.0. The molecule has 7 rings (SSSR count). The lowest BCUT2D eigenvalue weighted by Crippen LogP contribution is -2.48. The molecule has 0 N–H and O–H groups in total. The summed E-state index contributed by atoms with van der Waals surface area (Å²) in [6.45, 7) is 2.05. The highest BCUT2D eigenvalue weighted by molar-refractivity contribution is 5.90. The zero-order chi connectivity index (χ0) is 34.5. The van der Waals surface area contributed by atoms with Gasteiger partial charge in [0.1, 0.15) is 29.4 Å². The monoisotopic (exact) mass is 683 g/mol. The standard InChI is InChI=1S/C33H33F4N7O5/c1-32(16-48-24-6-4-5-11-47-24)21-13-38-27(25-26(19-8-9-19)39-17-40-30(25)46-3)42-29(21)44(31(45)49-32)14-18-7-10-20(22(34)12-18)28-41-23(15-43(28)2)33(35,36)37/h7,10,12-13,15,17,19,24H,4-6,8-9,11,14,16H2,1-3H3. The molecule has 4 aromatic rings. The molecule has 2 unspecified atom stereocenters. The summed E-state index contributed by atoms with van der Waals surface area (Å²) in [6.07, 6.45) is 2.33. The van der Waals surface area contributed by atoms with E-state index in [2.05, 4.69) is 19.9 Å². The van der Waals surface area contributed by atoms with Crippen LogP contribution in [0.1, 0.15) is 67.5 Å². The molecule has 0 radical (unpaired) electrons. The van der Waals surface area contributed by atoms with Crippen LogP contribution in [-0.4, -0.2) is 62.2 Å². The van der Waals surface area contributed by atoms with E-state index in [0.29, 0.717) is 29.7 Å². The number of rotatable bonds is 9. The number of methoxy groups -OCH3 is 1. The lowest BCUT2D eigenvalue weighted by Gasteiger charge is -2.40. The van der Waals surface area contributed by atoms with Gasteiger partial charge in [-0.1, -0.05) is 6.07 Å². The highest BCUT2D eigenvalue weighted by Crippen LogP contribution is 2.46. The molecule has 0 bridgehead atoms. The number of carbonyl (C=O) groups is 1. The first kappa shape index (κ1) is 32.8. The number of nitrogens with zero attached hydrogens (tertiary/aromatic N) is 7. The third kappa shape index (κ3) is 6.41. The molecule has 1 saturated heterocycles. The molecular weight excluding hydrogens is 650 g/mol. The van der Waals surface area contributed by atoms with E-state index in [-0.39, 0.29) is 48.0 Å². The van der Waals surface area contributed by atoms with Gasteiger partial charge in [0.2, 0.25) is 5.88 Å². The summed E-state index contributed by atoms with van der Waals surface area (Å²) in [7, 11) is 2.84. The number of cyclic esters (lactones) is 1. The van der Waals surface area contributed by atoms with Crippen LogP contribution in [0.15, 0.2) is 36.9 Å². The fraction of sp³-hybridized carbons (Fsp3) is 0.455.